The lowest BCUT2D eigenvalue weighted by atomic mass is 10.4. The molecule has 4 N–H and O–H groups in total. The topological polar surface area (TPSA) is 67.1 Å². The van der Waals surface area contributed by atoms with Gasteiger partial charge in [0.25, 0.3) is 0 Å². The maximum atomic E-state index is 11.5. The maximum absolute atomic E-state index is 11.5. The van der Waals surface area contributed by atoms with Crippen LogP contribution in [0.4, 0.5) is 18.0 Å². The van der Waals surface area contributed by atoms with E-state index in [-0.39, 0.29) is 12.6 Å². The lowest BCUT2D eigenvalue weighted by Crippen LogP contribution is -2.44. The molecule has 0 aliphatic heterocycles. The van der Waals surface area contributed by atoms with Crippen LogP contribution in [0.25, 0.3) is 0 Å². The summed E-state index contributed by atoms with van der Waals surface area (Å²) in [6, 6.07) is -1.15. The molecule has 2 amide bonds. The Hall–Kier alpha value is -0.980. The number of amides is 2. The van der Waals surface area contributed by atoms with Crippen LogP contribution in [0.1, 0.15) is 6.92 Å². The third-order valence-corrected chi connectivity index (χ3v) is 1.03. The number of nitrogens with two attached hydrogens (primary N) is 1. The summed E-state index contributed by atoms with van der Waals surface area (Å²) in [5.41, 5.74) is 5.26. The molecule has 0 rings (SSSR count). The van der Waals surface area contributed by atoms with Crippen molar-refractivity contribution in [2.24, 2.45) is 5.73 Å². The number of nitrogens with one attached hydrogen (secondary N) is 2. The molecule has 13 heavy (non-hydrogen) atoms. The van der Waals surface area contributed by atoms with Crippen LogP contribution in [-0.4, -0.2) is 31.3 Å². The highest BCUT2D eigenvalue weighted by Crippen LogP contribution is 2.11. The number of hydrogen-bond acceptors (Lipinski definition) is 2. The summed E-state index contributed by atoms with van der Waals surface area (Å²) >= 11 is 0. The van der Waals surface area contributed by atoms with Crippen LogP contribution in [0.15, 0.2) is 0 Å². The molecule has 1 unspecified atom stereocenters. The molecule has 0 fully saturated rings. The summed E-state index contributed by atoms with van der Waals surface area (Å²) < 4.78 is 34.6. The first-order chi connectivity index (χ1) is 5.81. The van der Waals surface area contributed by atoms with Gasteiger partial charge in [-0.15, -0.1) is 0 Å². The Bertz CT molecular complexity index is 169. The smallest absolute Gasteiger partial charge is 0.337 e. The van der Waals surface area contributed by atoms with Crippen molar-refractivity contribution in [1.82, 2.24) is 10.6 Å². The van der Waals surface area contributed by atoms with Crippen molar-refractivity contribution in [3.8, 4) is 0 Å². The van der Waals surface area contributed by atoms with Crippen LogP contribution in [0.3, 0.4) is 0 Å². The van der Waals surface area contributed by atoms with Gasteiger partial charge in [-0.3, -0.25) is 0 Å². The lowest BCUT2D eigenvalue weighted by molar-refractivity contribution is -0.122. The highest BCUT2D eigenvalue weighted by Gasteiger charge is 2.27. The average Bonchev–Trinajstić information content (AvgIpc) is 1.95. The van der Waals surface area contributed by atoms with Crippen molar-refractivity contribution in [3.63, 3.8) is 0 Å². The maximum Gasteiger partial charge on any atom is 0.405 e. The molecule has 0 aromatic carbocycles. The Morgan fingerprint density at radius 1 is 1.46 bits per heavy atom. The van der Waals surface area contributed by atoms with E-state index in [9.17, 15) is 18.0 Å². The zero-order chi connectivity index (χ0) is 10.5. The Balaban J connectivity index is 3.53. The highest BCUT2D eigenvalue weighted by atomic mass is 19.4. The third kappa shape index (κ3) is 8.93. The van der Waals surface area contributed by atoms with Gasteiger partial charge in [0.2, 0.25) is 0 Å². The number of rotatable bonds is 3. The van der Waals surface area contributed by atoms with E-state index in [2.05, 4.69) is 5.32 Å². The van der Waals surface area contributed by atoms with E-state index in [0.29, 0.717) is 0 Å². The monoisotopic (exact) mass is 199 g/mol. The van der Waals surface area contributed by atoms with Gasteiger partial charge in [-0.1, -0.05) is 0 Å². The molecule has 0 saturated carbocycles. The molecule has 0 saturated heterocycles. The summed E-state index contributed by atoms with van der Waals surface area (Å²) in [6.07, 6.45) is -4.38. The quantitative estimate of drug-likeness (QED) is 0.607. The fraction of sp³-hybridized carbons (Fsp3) is 0.833. The molecule has 78 valence electrons. The highest BCUT2D eigenvalue weighted by molar-refractivity contribution is 5.73. The molecule has 0 spiro atoms. The van der Waals surface area contributed by atoms with Gasteiger partial charge in [-0.2, -0.15) is 13.2 Å². The van der Waals surface area contributed by atoms with Crippen LogP contribution in [0.5, 0.6) is 0 Å². The standard InChI is InChI=1S/C6H12F3N3O/c1-4(10)2-11-5(13)12-3-6(7,8)9/h4H,2-3,10H2,1H3,(H2,11,12,13). The van der Waals surface area contributed by atoms with E-state index in [4.69, 9.17) is 5.73 Å². The number of halogens is 3. The van der Waals surface area contributed by atoms with Gasteiger partial charge in [0.15, 0.2) is 0 Å². The Morgan fingerprint density at radius 3 is 2.38 bits per heavy atom. The minimum atomic E-state index is -4.38. The third-order valence-electron chi connectivity index (χ3n) is 1.03. The second-order valence-corrected chi connectivity index (χ2v) is 2.66. The molecule has 0 heterocycles. The summed E-state index contributed by atoms with van der Waals surface area (Å²) in [6.45, 7) is 0.436. The molecule has 0 aliphatic rings. The van der Waals surface area contributed by atoms with Crippen LogP contribution < -0.4 is 16.4 Å². The first-order valence-corrected chi connectivity index (χ1v) is 3.65. The molecule has 1 atom stereocenters. The minimum absolute atomic E-state index is 0.143. The molecule has 4 nitrogen and oxygen atoms in total. The molecular formula is C6H12F3N3O. The first kappa shape index (κ1) is 12.0. The molecule has 0 aromatic heterocycles. The zero-order valence-electron chi connectivity index (χ0n) is 7.11. The van der Waals surface area contributed by atoms with Crippen LogP contribution in [-0.2, 0) is 0 Å². The molecule has 7 heteroatoms. The van der Waals surface area contributed by atoms with E-state index in [0.717, 1.165) is 0 Å². The van der Waals surface area contributed by atoms with Crippen LogP contribution in [0, 0.1) is 0 Å². The number of carbonyl (C=O) groups excluding carboxylic acids is 1. The van der Waals surface area contributed by atoms with E-state index in [1.807, 2.05) is 0 Å². The summed E-state index contributed by atoms with van der Waals surface area (Å²) in [5, 5.41) is 3.83. The molecular weight excluding hydrogens is 187 g/mol. The molecule has 0 aliphatic carbocycles. The van der Waals surface area contributed by atoms with E-state index >= 15 is 0 Å². The largest absolute Gasteiger partial charge is 0.405 e. The van der Waals surface area contributed by atoms with Gasteiger partial charge in [-0.05, 0) is 6.92 Å². The normalized spacial score (nSPS) is 13.6. The van der Waals surface area contributed by atoms with Crippen molar-refractivity contribution in [2.75, 3.05) is 13.1 Å². The second kappa shape index (κ2) is 4.90. The Morgan fingerprint density at radius 2 is 2.00 bits per heavy atom. The second-order valence-electron chi connectivity index (χ2n) is 2.66. The van der Waals surface area contributed by atoms with Crippen LogP contribution in [0.2, 0.25) is 0 Å². The van der Waals surface area contributed by atoms with Gasteiger partial charge < -0.3 is 16.4 Å². The van der Waals surface area contributed by atoms with Crippen molar-refractivity contribution in [3.05, 3.63) is 0 Å². The predicted octanol–water partition coefficient (Wildman–Crippen LogP) is 0.195. The predicted molar refractivity (Wildman–Crippen MR) is 41.1 cm³/mol. The van der Waals surface area contributed by atoms with Gasteiger partial charge in [0.1, 0.15) is 6.54 Å². The molecule has 0 aromatic rings. The van der Waals surface area contributed by atoms with Crippen molar-refractivity contribution >= 4 is 6.03 Å². The zero-order valence-corrected chi connectivity index (χ0v) is 7.11. The first-order valence-electron chi connectivity index (χ1n) is 3.65. The summed E-state index contributed by atoms with van der Waals surface area (Å²) in [7, 11) is 0. The van der Waals surface area contributed by atoms with E-state index < -0.39 is 18.8 Å². The minimum Gasteiger partial charge on any atom is -0.337 e. The average molecular weight is 199 g/mol. The molecule has 0 radical (unpaired) electrons. The van der Waals surface area contributed by atoms with Gasteiger partial charge in [0.05, 0.1) is 0 Å². The number of alkyl halides is 3. The lowest BCUT2D eigenvalue weighted by Gasteiger charge is -2.10. The van der Waals surface area contributed by atoms with Crippen molar-refractivity contribution in [2.45, 2.75) is 19.1 Å². The summed E-state index contributed by atoms with van der Waals surface area (Å²) in [5.74, 6) is 0. The van der Waals surface area contributed by atoms with Crippen LogP contribution >= 0.6 is 0 Å². The Kier molecular flexibility index (Phi) is 4.53. The van der Waals surface area contributed by atoms with Gasteiger partial charge in [0, 0.05) is 12.6 Å². The van der Waals surface area contributed by atoms with E-state index in [1.54, 1.807) is 12.2 Å². The molecule has 0 bridgehead atoms. The van der Waals surface area contributed by atoms with Gasteiger partial charge >= 0.3 is 12.2 Å². The fourth-order valence-electron chi connectivity index (χ4n) is 0.497. The number of carbonyl (C=O) groups is 1. The SMILES string of the molecule is CC(N)CNC(=O)NCC(F)(F)F. The van der Waals surface area contributed by atoms with Gasteiger partial charge in [-0.25, -0.2) is 4.79 Å². The number of urea groups is 1. The fourth-order valence-corrected chi connectivity index (χ4v) is 0.497. The Labute approximate surface area is 73.7 Å². The van der Waals surface area contributed by atoms with Crippen molar-refractivity contribution in [1.29, 1.82) is 0 Å². The number of hydrogen-bond donors (Lipinski definition) is 3. The summed E-state index contributed by atoms with van der Waals surface area (Å²) in [4.78, 5) is 10.6. The van der Waals surface area contributed by atoms with E-state index in [1.165, 1.54) is 0 Å². The van der Waals surface area contributed by atoms with Crippen molar-refractivity contribution < 1.29 is 18.0 Å².